The Morgan fingerprint density at radius 2 is 2.33 bits per heavy atom. The molecule has 5 nitrogen and oxygen atoms in total. The molecule has 0 aromatic carbocycles. The van der Waals surface area contributed by atoms with Gasteiger partial charge in [0, 0.05) is 26.7 Å². The first kappa shape index (κ1) is 11.3. The van der Waals surface area contributed by atoms with Gasteiger partial charge in [0.2, 0.25) is 0 Å². The van der Waals surface area contributed by atoms with E-state index in [1.165, 1.54) is 0 Å². The molecule has 0 saturated carbocycles. The summed E-state index contributed by atoms with van der Waals surface area (Å²) in [5, 5.41) is 12.8. The monoisotopic (exact) mass is 217 g/mol. The van der Waals surface area contributed by atoms with Crippen molar-refractivity contribution in [3.63, 3.8) is 0 Å². The summed E-state index contributed by atoms with van der Waals surface area (Å²) in [5.74, 6) is 0. The zero-order chi connectivity index (χ0) is 10.7. The van der Waals surface area contributed by atoms with E-state index in [4.69, 9.17) is 14.2 Å². The Hall–Kier alpha value is -0.200. The summed E-state index contributed by atoms with van der Waals surface area (Å²) in [7, 11) is 1.71. The van der Waals surface area contributed by atoms with Crippen LogP contribution in [0.4, 0.5) is 0 Å². The lowest BCUT2D eigenvalue weighted by Gasteiger charge is -2.28. The molecule has 0 spiro atoms. The maximum atomic E-state index is 9.56. The van der Waals surface area contributed by atoms with Crippen LogP contribution < -0.4 is 5.32 Å². The molecule has 2 N–H and O–H groups in total. The summed E-state index contributed by atoms with van der Waals surface area (Å²) >= 11 is 0. The van der Waals surface area contributed by atoms with E-state index in [0.717, 1.165) is 13.0 Å². The first-order chi connectivity index (χ1) is 7.26. The minimum Gasteiger partial charge on any atom is -0.389 e. The molecular formula is C10H19NO4. The lowest BCUT2D eigenvalue weighted by Crippen LogP contribution is -2.49. The molecule has 0 amide bonds. The molecule has 2 heterocycles. The van der Waals surface area contributed by atoms with Crippen LogP contribution in [0.2, 0.25) is 0 Å². The zero-order valence-corrected chi connectivity index (χ0v) is 9.07. The maximum Gasteiger partial charge on any atom is 0.106 e. The Kier molecular flexibility index (Phi) is 3.58. The SMILES string of the molecule is COC1(CNC2COCC2O)CCOC1. The Balaban J connectivity index is 1.80. The van der Waals surface area contributed by atoms with Crippen molar-refractivity contribution in [1.29, 1.82) is 0 Å². The van der Waals surface area contributed by atoms with Gasteiger partial charge in [0.25, 0.3) is 0 Å². The summed E-state index contributed by atoms with van der Waals surface area (Å²) in [4.78, 5) is 0. The molecule has 2 fully saturated rings. The first-order valence-electron chi connectivity index (χ1n) is 5.38. The molecule has 2 aliphatic rings. The minimum absolute atomic E-state index is 0.0256. The fourth-order valence-corrected chi connectivity index (χ4v) is 2.02. The molecule has 2 aliphatic heterocycles. The number of methoxy groups -OCH3 is 1. The quantitative estimate of drug-likeness (QED) is 0.642. The largest absolute Gasteiger partial charge is 0.389 e. The Morgan fingerprint density at radius 3 is 2.87 bits per heavy atom. The zero-order valence-electron chi connectivity index (χ0n) is 9.07. The molecule has 0 aliphatic carbocycles. The van der Waals surface area contributed by atoms with Crippen LogP contribution in [-0.2, 0) is 14.2 Å². The van der Waals surface area contributed by atoms with E-state index in [9.17, 15) is 5.11 Å². The van der Waals surface area contributed by atoms with Crippen molar-refractivity contribution in [3.8, 4) is 0 Å². The molecule has 0 aromatic heterocycles. The maximum absolute atomic E-state index is 9.56. The third-order valence-electron chi connectivity index (χ3n) is 3.24. The van der Waals surface area contributed by atoms with Gasteiger partial charge in [-0.1, -0.05) is 0 Å². The highest BCUT2D eigenvalue weighted by Crippen LogP contribution is 2.22. The standard InChI is InChI=1S/C10H19NO4/c1-13-10(2-3-14-7-10)6-11-8-4-15-5-9(8)12/h8-9,11-12H,2-7H2,1H3. The normalized spacial score (nSPS) is 41.2. The topological polar surface area (TPSA) is 60.0 Å². The molecule has 15 heavy (non-hydrogen) atoms. The lowest BCUT2D eigenvalue weighted by molar-refractivity contribution is -0.0194. The second-order valence-electron chi connectivity index (χ2n) is 4.28. The third kappa shape index (κ3) is 2.49. The van der Waals surface area contributed by atoms with E-state index < -0.39 is 6.10 Å². The van der Waals surface area contributed by atoms with Crippen molar-refractivity contribution in [2.75, 3.05) is 40.1 Å². The number of hydrogen-bond donors (Lipinski definition) is 2. The van der Waals surface area contributed by atoms with Crippen LogP contribution in [0.15, 0.2) is 0 Å². The number of rotatable bonds is 4. The van der Waals surface area contributed by atoms with Gasteiger partial charge in [0.1, 0.15) is 5.60 Å². The van der Waals surface area contributed by atoms with E-state index in [1.807, 2.05) is 0 Å². The van der Waals surface area contributed by atoms with E-state index in [1.54, 1.807) is 7.11 Å². The Labute approximate surface area is 89.7 Å². The lowest BCUT2D eigenvalue weighted by atomic mass is 10.0. The molecule has 3 atom stereocenters. The fourth-order valence-electron chi connectivity index (χ4n) is 2.02. The van der Waals surface area contributed by atoms with Gasteiger partial charge in [-0.25, -0.2) is 0 Å². The van der Waals surface area contributed by atoms with Crippen molar-refractivity contribution in [2.45, 2.75) is 24.2 Å². The molecule has 2 saturated heterocycles. The number of ether oxygens (including phenoxy) is 3. The van der Waals surface area contributed by atoms with Crippen molar-refractivity contribution in [2.24, 2.45) is 0 Å². The van der Waals surface area contributed by atoms with Gasteiger partial charge in [0.15, 0.2) is 0 Å². The highest BCUT2D eigenvalue weighted by molar-refractivity contribution is 4.90. The van der Waals surface area contributed by atoms with Gasteiger partial charge in [-0.3, -0.25) is 0 Å². The molecule has 0 aromatic rings. The van der Waals surface area contributed by atoms with E-state index >= 15 is 0 Å². The second-order valence-corrected chi connectivity index (χ2v) is 4.28. The van der Waals surface area contributed by atoms with Crippen LogP contribution in [-0.4, -0.2) is 62.9 Å². The van der Waals surface area contributed by atoms with Crippen LogP contribution in [0.25, 0.3) is 0 Å². The smallest absolute Gasteiger partial charge is 0.106 e. The second kappa shape index (κ2) is 4.76. The molecule has 3 unspecified atom stereocenters. The van der Waals surface area contributed by atoms with Gasteiger partial charge in [0.05, 0.1) is 32.0 Å². The van der Waals surface area contributed by atoms with Crippen molar-refractivity contribution in [3.05, 3.63) is 0 Å². The average molecular weight is 217 g/mol. The highest BCUT2D eigenvalue weighted by Gasteiger charge is 2.36. The van der Waals surface area contributed by atoms with E-state index in [-0.39, 0.29) is 11.6 Å². The predicted molar refractivity (Wildman–Crippen MR) is 53.8 cm³/mol. The van der Waals surface area contributed by atoms with Crippen molar-refractivity contribution in [1.82, 2.24) is 5.32 Å². The molecule has 5 heteroatoms. The van der Waals surface area contributed by atoms with Gasteiger partial charge < -0.3 is 24.6 Å². The number of nitrogens with one attached hydrogen (secondary N) is 1. The van der Waals surface area contributed by atoms with Crippen molar-refractivity contribution < 1.29 is 19.3 Å². The summed E-state index contributed by atoms with van der Waals surface area (Å²) < 4.78 is 16.0. The van der Waals surface area contributed by atoms with Gasteiger partial charge in [-0.15, -0.1) is 0 Å². The van der Waals surface area contributed by atoms with Crippen LogP contribution in [0.5, 0.6) is 0 Å². The number of hydrogen-bond acceptors (Lipinski definition) is 5. The molecule has 88 valence electrons. The summed E-state index contributed by atoms with van der Waals surface area (Å²) in [5.41, 5.74) is -0.220. The molecule has 2 rings (SSSR count). The van der Waals surface area contributed by atoms with E-state index in [2.05, 4.69) is 5.32 Å². The van der Waals surface area contributed by atoms with Gasteiger partial charge in [-0.2, -0.15) is 0 Å². The van der Waals surface area contributed by atoms with Crippen LogP contribution in [0.3, 0.4) is 0 Å². The average Bonchev–Trinajstić information content (AvgIpc) is 2.85. The third-order valence-corrected chi connectivity index (χ3v) is 3.24. The summed E-state index contributed by atoms with van der Waals surface area (Å²) in [6, 6.07) is 0.0256. The summed E-state index contributed by atoms with van der Waals surface area (Å²) in [6.07, 6.45) is 0.501. The summed E-state index contributed by atoms with van der Waals surface area (Å²) in [6.45, 7) is 3.07. The van der Waals surface area contributed by atoms with Gasteiger partial charge >= 0.3 is 0 Å². The van der Waals surface area contributed by atoms with Crippen molar-refractivity contribution >= 4 is 0 Å². The molecular weight excluding hydrogens is 198 g/mol. The number of aliphatic hydroxyl groups is 1. The Bertz CT molecular complexity index is 206. The highest BCUT2D eigenvalue weighted by atomic mass is 16.5. The van der Waals surface area contributed by atoms with E-state index in [0.29, 0.717) is 26.4 Å². The van der Waals surface area contributed by atoms with Crippen LogP contribution in [0.1, 0.15) is 6.42 Å². The Morgan fingerprint density at radius 1 is 1.47 bits per heavy atom. The predicted octanol–water partition coefficient (Wildman–Crippen LogP) is -0.859. The fraction of sp³-hybridized carbons (Fsp3) is 1.00. The van der Waals surface area contributed by atoms with Crippen LogP contribution >= 0.6 is 0 Å². The number of aliphatic hydroxyl groups excluding tert-OH is 1. The van der Waals surface area contributed by atoms with Gasteiger partial charge in [-0.05, 0) is 0 Å². The van der Waals surface area contributed by atoms with Crippen LogP contribution in [0, 0.1) is 0 Å². The first-order valence-corrected chi connectivity index (χ1v) is 5.38. The molecule has 0 bridgehead atoms. The molecule has 0 radical (unpaired) electrons. The minimum atomic E-state index is -0.402.